The Balaban J connectivity index is 5.56. The van der Waals surface area contributed by atoms with Crippen LogP contribution in [-0.2, 0) is 18.0 Å². The molecule has 0 aromatic carbocycles. The summed E-state index contributed by atoms with van der Waals surface area (Å²) in [6, 6.07) is 0. The number of ether oxygens (including phenoxy) is 1. The third-order valence-electron chi connectivity index (χ3n) is 6.08. The van der Waals surface area contributed by atoms with Crippen molar-refractivity contribution in [3.05, 3.63) is 0 Å². The summed E-state index contributed by atoms with van der Waals surface area (Å²) in [6.45, 7) is 21.0. The van der Waals surface area contributed by atoms with Gasteiger partial charge in [0.15, 0.2) is 0 Å². The van der Waals surface area contributed by atoms with E-state index in [1.54, 1.807) is 0 Å². The average Bonchev–Trinajstić information content (AvgIpc) is 2.77. The lowest BCUT2D eigenvalue weighted by Gasteiger charge is -2.43. The van der Waals surface area contributed by atoms with Crippen LogP contribution in [0.4, 0.5) is 4.79 Å². The zero-order valence-electron chi connectivity index (χ0n) is 22.3. The molecule has 7 nitrogen and oxygen atoms in total. The van der Waals surface area contributed by atoms with Crippen molar-refractivity contribution >= 4 is 14.9 Å². The van der Waals surface area contributed by atoms with Gasteiger partial charge < -0.3 is 23.3 Å². The Morgan fingerprint density at radius 3 is 1.50 bits per heavy atom. The number of hydrogen-bond acceptors (Lipinski definition) is 5. The number of amides is 1. The minimum absolute atomic E-state index is 0.209. The SMILES string of the molecule is CCCC[N+](CCCC)(CCCC)C(C)OC(=O)NC(CC)[Si](OCC)(OCC)OCC. The van der Waals surface area contributed by atoms with Crippen molar-refractivity contribution in [3.8, 4) is 0 Å². The summed E-state index contributed by atoms with van der Waals surface area (Å²) in [4.78, 5) is 13.1. The first-order chi connectivity index (χ1) is 15.3. The van der Waals surface area contributed by atoms with Crippen LogP contribution in [0.2, 0.25) is 0 Å². The van der Waals surface area contributed by atoms with E-state index >= 15 is 0 Å². The number of nitrogens with one attached hydrogen (secondary N) is 1. The average molecular weight is 478 g/mol. The number of hydrogen-bond donors (Lipinski definition) is 1. The standard InChI is InChI=1S/C24H52N2O5Si/c1-9-16-19-26(20-17-10-2,21-18-11-3)22(8)31-24(27)25-23(12-4)32(28-13-5,29-14-6)30-15-7/h22-23H,9-21H2,1-8H3/p+1. The predicted molar refractivity (Wildman–Crippen MR) is 133 cm³/mol. The molecule has 1 amide bonds. The molecule has 192 valence electrons. The van der Waals surface area contributed by atoms with Crippen LogP contribution < -0.4 is 5.32 Å². The van der Waals surface area contributed by atoms with Gasteiger partial charge in [0.25, 0.3) is 0 Å². The number of carbonyl (C=O) groups excluding carboxylic acids is 1. The fourth-order valence-corrected chi connectivity index (χ4v) is 7.07. The summed E-state index contributed by atoms with van der Waals surface area (Å²) in [7, 11) is -3.06. The molecular weight excluding hydrogens is 424 g/mol. The van der Waals surface area contributed by atoms with Crippen LogP contribution in [-0.4, -0.2) is 70.7 Å². The fraction of sp³-hybridized carbons (Fsp3) is 0.958. The molecule has 0 aromatic heterocycles. The number of unbranched alkanes of at least 4 members (excludes halogenated alkanes) is 3. The monoisotopic (exact) mass is 477 g/mol. The highest BCUT2D eigenvalue weighted by atomic mass is 28.4. The van der Waals surface area contributed by atoms with Gasteiger partial charge in [0.1, 0.15) is 5.67 Å². The number of carbonyl (C=O) groups is 1. The molecule has 32 heavy (non-hydrogen) atoms. The molecule has 0 aliphatic heterocycles. The van der Waals surface area contributed by atoms with Gasteiger partial charge in [0.05, 0.1) is 19.6 Å². The van der Waals surface area contributed by atoms with Gasteiger partial charge >= 0.3 is 14.9 Å². The fourth-order valence-electron chi connectivity index (χ4n) is 4.21. The van der Waals surface area contributed by atoms with Gasteiger partial charge in [0.2, 0.25) is 6.23 Å². The van der Waals surface area contributed by atoms with Gasteiger partial charge in [-0.25, -0.2) is 4.79 Å². The molecule has 2 atom stereocenters. The molecule has 0 aliphatic carbocycles. The Morgan fingerprint density at radius 1 is 0.781 bits per heavy atom. The number of alkyl carbamates (subject to hydrolysis) is 1. The Morgan fingerprint density at radius 2 is 1.19 bits per heavy atom. The van der Waals surface area contributed by atoms with E-state index in [2.05, 4.69) is 33.0 Å². The van der Waals surface area contributed by atoms with Crippen LogP contribution in [0.3, 0.4) is 0 Å². The molecule has 0 heterocycles. The Bertz CT molecular complexity index is 443. The predicted octanol–water partition coefficient (Wildman–Crippen LogP) is 5.64. The minimum atomic E-state index is -3.06. The molecule has 0 bridgehead atoms. The molecule has 0 radical (unpaired) electrons. The lowest BCUT2D eigenvalue weighted by molar-refractivity contribution is -0.968. The molecule has 8 heteroatoms. The first-order valence-corrected chi connectivity index (χ1v) is 14.9. The van der Waals surface area contributed by atoms with E-state index in [1.165, 1.54) is 0 Å². The maximum Gasteiger partial charge on any atom is 0.524 e. The topological polar surface area (TPSA) is 66.0 Å². The van der Waals surface area contributed by atoms with E-state index in [0.29, 0.717) is 26.2 Å². The second-order valence-electron chi connectivity index (χ2n) is 8.46. The number of nitrogens with zero attached hydrogens (tertiary/aromatic N) is 1. The highest BCUT2D eigenvalue weighted by molar-refractivity contribution is 6.62. The Hall–Kier alpha value is -0.673. The van der Waals surface area contributed by atoms with Gasteiger partial charge in [-0.3, -0.25) is 4.48 Å². The molecule has 1 N–H and O–H groups in total. The lowest BCUT2D eigenvalue weighted by atomic mass is 10.1. The smallest absolute Gasteiger partial charge is 0.397 e. The van der Waals surface area contributed by atoms with Crippen LogP contribution in [0, 0.1) is 0 Å². The van der Waals surface area contributed by atoms with E-state index < -0.39 is 14.9 Å². The normalized spacial score (nSPS) is 14.2. The second kappa shape index (κ2) is 17.8. The van der Waals surface area contributed by atoms with Crippen molar-refractivity contribution in [2.24, 2.45) is 0 Å². The maximum absolute atomic E-state index is 13.1. The second-order valence-corrected chi connectivity index (χ2v) is 11.2. The summed E-state index contributed by atoms with van der Waals surface area (Å²) < 4.78 is 24.9. The van der Waals surface area contributed by atoms with Gasteiger partial charge in [-0.15, -0.1) is 0 Å². The molecule has 0 aliphatic rings. The van der Waals surface area contributed by atoms with Crippen molar-refractivity contribution in [2.75, 3.05) is 39.5 Å². The highest BCUT2D eigenvalue weighted by Crippen LogP contribution is 2.22. The van der Waals surface area contributed by atoms with E-state index in [0.717, 1.165) is 62.6 Å². The zero-order valence-corrected chi connectivity index (χ0v) is 23.3. The molecule has 0 fully saturated rings. The Labute approximate surface area is 199 Å². The third-order valence-corrected chi connectivity index (χ3v) is 9.56. The van der Waals surface area contributed by atoms with Gasteiger partial charge in [0, 0.05) is 26.7 Å². The van der Waals surface area contributed by atoms with Crippen molar-refractivity contribution < 1.29 is 27.3 Å². The van der Waals surface area contributed by atoms with Gasteiger partial charge in [-0.05, 0) is 46.5 Å². The van der Waals surface area contributed by atoms with E-state index in [9.17, 15) is 4.79 Å². The molecule has 0 saturated heterocycles. The third kappa shape index (κ3) is 10.1. The van der Waals surface area contributed by atoms with Gasteiger partial charge in [-0.1, -0.05) is 47.0 Å². The van der Waals surface area contributed by atoms with Crippen LogP contribution in [0.1, 0.15) is 100 Å². The first-order valence-electron chi connectivity index (χ1n) is 13.1. The largest absolute Gasteiger partial charge is 0.524 e. The maximum atomic E-state index is 13.1. The summed E-state index contributed by atoms with van der Waals surface area (Å²) >= 11 is 0. The molecule has 0 rings (SSSR count). The lowest BCUT2D eigenvalue weighted by Crippen LogP contribution is -2.64. The van der Waals surface area contributed by atoms with Crippen LogP contribution >= 0.6 is 0 Å². The molecule has 0 aromatic rings. The van der Waals surface area contributed by atoms with E-state index in [-0.39, 0.29) is 11.9 Å². The minimum Gasteiger partial charge on any atom is -0.397 e. The summed E-state index contributed by atoms with van der Waals surface area (Å²) in [6.07, 6.45) is 6.85. The summed E-state index contributed by atoms with van der Waals surface area (Å²) in [5, 5.41) is 3.05. The molecule has 0 spiro atoms. The molecular formula is C24H53N2O5Si+. The van der Waals surface area contributed by atoms with E-state index in [1.807, 2.05) is 27.7 Å². The Kier molecular flexibility index (Phi) is 17.4. The van der Waals surface area contributed by atoms with Crippen LogP contribution in [0.5, 0.6) is 0 Å². The summed E-state index contributed by atoms with van der Waals surface area (Å²) in [5.41, 5.74) is -0.342. The van der Waals surface area contributed by atoms with Crippen molar-refractivity contribution in [3.63, 3.8) is 0 Å². The van der Waals surface area contributed by atoms with E-state index in [4.69, 9.17) is 18.0 Å². The van der Waals surface area contributed by atoms with Crippen molar-refractivity contribution in [2.45, 2.75) is 112 Å². The quantitative estimate of drug-likeness (QED) is 0.140. The van der Waals surface area contributed by atoms with Crippen molar-refractivity contribution in [1.29, 1.82) is 0 Å². The molecule has 2 unspecified atom stereocenters. The highest BCUT2D eigenvalue weighted by Gasteiger charge is 2.50. The summed E-state index contributed by atoms with van der Waals surface area (Å²) in [5.74, 6) is 0. The number of quaternary nitrogens is 1. The van der Waals surface area contributed by atoms with Crippen LogP contribution in [0.25, 0.3) is 0 Å². The van der Waals surface area contributed by atoms with Crippen LogP contribution in [0.15, 0.2) is 0 Å². The van der Waals surface area contributed by atoms with Crippen molar-refractivity contribution in [1.82, 2.24) is 5.32 Å². The first kappa shape index (κ1) is 31.3. The number of rotatable bonds is 20. The van der Waals surface area contributed by atoms with Gasteiger partial charge in [-0.2, -0.15) is 0 Å². The zero-order chi connectivity index (χ0) is 24.5. The molecule has 0 saturated carbocycles.